The molecular formula is C21H23N3O. The van der Waals surface area contributed by atoms with E-state index in [0.29, 0.717) is 13.0 Å². The third-order valence-corrected chi connectivity index (χ3v) is 4.28. The first-order chi connectivity index (χ1) is 12.0. The molecule has 0 aliphatic carbocycles. The normalized spacial score (nSPS) is 10.7. The number of anilines is 1. The highest BCUT2D eigenvalue weighted by atomic mass is 16.1. The third-order valence-electron chi connectivity index (χ3n) is 4.28. The summed E-state index contributed by atoms with van der Waals surface area (Å²) < 4.78 is 1.84. The maximum atomic E-state index is 12.4. The molecular weight excluding hydrogens is 310 g/mol. The van der Waals surface area contributed by atoms with E-state index in [-0.39, 0.29) is 5.91 Å². The van der Waals surface area contributed by atoms with Gasteiger partial charge in [-0.2, -0.15) is 5.10 Å². The number of aryl methyl sites for hydroxylation is 3. The second kappa shape index (κ2) is 7.34. The topological polar surface area (TPSA) is 46.9 Å². The van der Waals surface area contributed by atoms with Gasteiger partial charge in [0.05, 0.1) is 18.7 Å². The zero-order valence-electron chi connectivity index (χ0n) is 14.9. The smallest absolute Gasteiger partial charge is 0.229 e. The minimum atomic E-state index is -0.0301. The molecule has 0 atom stereocenters. The van der Waals surface area contributed by atoms with Gasteiger partial charge in [-0.25, -0.2) is 4.68 Å². The minimum absolute atomic E-state index is 0.0301. The van der Waals surface area contributed by atoms with Crippen molar-refractivity contribution >= 4 is 11.7 Å². The largest absolute Gasteiger partial charge is 0.311 e. The van der Waals surface area contributed by atoms with Crippen LogP contribution in [0.2, 0.25) is 0 Å². The fourth-order valence-electron chi connectivity index (χ4n) is 2.81. The summed E-state index contributed by atoms with van der Waals surface area (Å²) in [6, 6.07) is 18.1. The lowest BCUT2D eigenvalue weighted by Crippen LogP contribution is -2.18. The van der Waals surface area contributed by atoms with Gasteiger partial charge in [0.25, 0.3) is 0 Å². The molecule has 128 valence electrons. The van der Waals surface area contributed by atoms with Gasteiger partial charge in [0.2, 0.25) is 5.91 Å². The van der Waals surface area contributed by atoms with Crippen molar-refractivity contribution in [2.75, 3.05) is 5.32 Å². The fourth-order valence-corrected chi connectivity index (χ4v) is 2.81. The molecule has 0 spiro atoms. The van der Waals surface area contributed by atoms with Crippen LogP contribution in [0.15, 0.2) is 54.6 Å². The van der Waals surface area contributed by atoms with E-state index in [2.05, 4.69) is 48.5 Å². The van der Waals surface area contributed by atoms with Crippen molar-refractivity contribution in [3.63, 3.8) is 0 Å². The van der Waals surface area contributed by atoms with Gasteiger partial charge in [-0.15, -0.1) is 0 Å². The monoisotopic (exact) mass is 333 g/mol. The molecule has 0 saturated carbocycles. The maximum absolute atomic E-state index is 12.4. The highest BCUT2D eigenvalue weighted by Gasteiger charge is 2.11. The van der Waals surface area contributed by atoms with Crippen LogP contribution in [0, 0.1) is 20.8 Å². The summed E-state index contributed by atoms with van der Waals surface area (Å²) in [6.45, 7) is 6.70. The molecule has 3 rings (SSSR count). The number of nitrogens with one attached hydrogen (secondary N) is 1. The Morgan fingerprint density at radius 1 is 0.960 bits per heavy atom. The van der Waals surface area contributed by atoms with E-state index in [9.17, 15) is 4.79 Å². The molecule has 25 heavy (non-hydrogen) atoms. The lowest BCUT2D eigenvalue weighted by Gasteiger charge is -2.10. The van der Waals surface area contributed by atoms with Crippen LogP contribution in [0.4, 0.5) is 5.82 Å². The molecule has 1 amide bonds. The Morgan fingerprint density at radius 2 is 1.72 bits per heavy atom. The molecule has 0 bridgehead atoms. The van der Waals surface area contributed by atoms with Gasteiger partial charge in [-0.1, -0.05) is 48.5 Å². The third kappa shape index (κ3) is 4.35. The molecule has 0 fully saturated rings. The number of carbonyl (C=O) groups excluding carboxylic acids is 1. The molecule has 0 aliphatic heterocycles. The van der Waals surface area contributed by atoms with Crippen LogP contribution in [0.5, 0.6) is 0 Å². The van der Waals surface area contributed by atoms with Crippen LogP contribution in [-0.4, -0.2) is 15.7 Å². The molecule has 3 aromatic rings. The first-order valence-electron chi connectivity index (χ1n) is 8.45. The van der Waals surface area contributed by atoms with Gasteiger partial charge in [-0.3, -0.25) is 4.79 Å². The Hall–Kier alpha value is -2.88. The van der Waals surface area contributed by atoms with Gasteiger partial charge in [0, 0.05) is 6.07 Å². The summed E-state index contributed by atoms with van der Waals surface area (Å²) in [5.74, 6) is 0.702. The van der Waals surface area contributed by atoms with E-state index in [4.69, 9.17) is 0 Å². The van der Waals surface area contributed by atoms with Crippen LogP contribution < -0.4 is 5.32 Å². The van der Waals surface area contributed by atoms with E-state index in [1.165, 1.54) is 11.1 Å². The van der Waals surface area contributed by atoms with Crippen LogP contribution >= 0.6 is 0 Å². The van der Waals surface area contributed by atoms with E-state index in [1.54, 1.807) is 0 Å². The maximum Gasteiger partial charge on any atom is 0.229 e. The van der Waals surface area contributed by atoms with Crippen LogP contribution in [-0.2, 0) is 17.8 Å². The summed E-state index contributed by atoms with van der Waals surface area (Å²) in [5, 5.41) is 7.49. The van der Waals surface area contributed by atoms with Gasteiger partial charge in [0.15, 0.2) is 0 Å². The molecule has 0 radical (unpaired) electrons. The van der Waals surface area contributed by atoms with Gasteiger partial charge in [-0.05, 0) is 43.0 Å². The van der Waals surface area contributed by atoms with Gasteiger partial charge in [0.1, 0.15) is 5.82 Å². The first-order valence-corrected chi connectivity index (χ1v) is 8.45. The second-order valence-corrected chi connectivity index (χ2v) is 6.46. The summed E-state index contributed by atoms with van der Waals surface area (Å²) in [5.41, 5.74) is 5.50. The zero-order valence-corrected chi connectivity index (χ0v) is 14.9. The van der Waals surface area contributed by atoms with E-state index < -0.39 is 0 Å². The Labute approximate surface area is 148 Å². The highest BCUT2D eigenvalue weighted by Crippen LogP contribution is 2.15. The predicted octanol–water partition coefficient (Wildman–Crippen LogP) is 4.04. The number of nitrogens with zero attached hydrogens (tertiary/aromatic N) is 2. The summed E-state index contributed by atoms with van der Waals surface area (Å²) in [6.07, 6.45) is 0.358. The van der Waals surface area contributed by atoms with Crippen molar-refractivity contribution in [2.45, 2.75) is 33.7 Å². The Morgan fingerprint density at radius 3 is 2.44 bits per heavy atom. The molecule has 1 heterocycles. The van der Waals surface area contributed by atoms with Crippen molar-refractivity contribution in [2.24, 2.45) is 0 Å². The fraction of sp³-hybridized carbons (Fsp3) is 0.238. The Bertz CT molecular complexity index is 881. The zero-order chi connectivity index (χ0) is 17.8. The Balaban J connectivity index is 1.71. The van der Waals surface area contributed by atoms with Crippen molar-refractivity contribution in [3.05, 3.63) is 82.5 Å². The van der Waals surface area contributed by atoms with Crippen molar-refractivity contribution in [1.29, 1.82) is 0 Å². The molecule has 2 aromatic carbocycles. The first kappa shape index (κ1) is 17.0. The number of amides is 1. The summed E-state index contributed by atoms with van der Waals surface area (Å²) >= 11 is 0. The molecule has 4 heteroatoms. The SMILES string of the molecule is Cc1cc(NC(=O)Cc2ccc(C)c(C)c2)n(Cc2ccccc2)n1. The quantitative estimate of drug-likeness (QED) is 0.766. The molecule has 1 N–H and O–H groups in total. The predicted molar refractivity (Wildman–Crippen MR) is 101 cm³/mol. The average molecular weight is 333 g/mol. The Kier molecular flexibility index (Phi) is 4.98. The second-order valence-electron chi connectivity index (χ2n) is 6.46. The molecule has 0 aliphatic rings. The van der Waals surface area contributed by atoms with Crippen molar-refractivity contribution in [1.82, 2.24) is 9.78 Å². The van der Waals surface area contributed by atoms with Crippen LogP contribution in [0.1, 0.15) is 27.9 Å². The molecule has 0 unspecified atom stereocenters. The van der Waals surface area contributed by atoms with Crippen molar-refractivity contribution < 1.29 is 4.79 Å². The number of rotatable bonds is 5. The van der Waals surface area contributed by atoms with Gasteiger partial charge >= 0.3 is 0 Å². The number of hydrogen-bond donors (Lipinski definition) is 1. The van der Waals surface area contributed by atoms with E-state index in [1.807, 2.05) is 41.9 Å². The number of aromatic nitrogens is 2. The van der Waals surface area contributed by atoms with Crippen LogP contribution in [0.25, 0.3) is 0 Å². The average Bonchev–Trinajstić information content (AvgIpc) is 2.91. The van der Waals surface area contributed by atoms with Gasteiger partial charge < -0.3 is 5.32 Å². The molecule has 4 nitrogen and oxygen atoms in total. The van der Waals surface area contributed by atoms with E-state index >= 15 is 0 Å². The minimum Gasteiger partial charge on any atom is -0.311 e. The van der Waals surface area contributed by atoms with Crippen LogP contribution in [0.3, 0.4) is 0 Å². The highest BCUT2D eigenvalue weighted by molar-refractivity contribution is 5.91. The van der Waals surface area contributed by atoms with Crippen molar-refractivity contribution in [3.8, 4) is 0 Å². The number of hydrogen-bond acceptors (Lipinski definition) is 2. The summed E-state index contributed by atoms with van der Waals surface area (Å²) in [4.78, 5) is 12.4. The number of benzene rings is 2. The lowest BCUT2D eigenvalue weighted by molar-refractivity contribution is -0.115. The van der Waals surface area contributed by atoms with E-state index in [0.717, 1.165) is 22.6 Å². The summed E-state index contributed by atoms with van der Waals surface area (Å²) in [7, 11) is 0. The standard InChI is InChI=1S/C21H23N3O/c1-15-9-10-19(11-16(15)2)13-21(25)22-20-12-17(3)23-24(20)14-18-7-5-4-6-8-18/h4-12H,13-14H2,1-3H3,(H,22,25). The molecule has 1 aromatic heterocycles. The molecule has 0 saturated heterocycles. The number of carbonyl (C=O) groups is 1. The lowest BCUT2D eigenvalue weighted by atomic mass is 10.0.